The van der Waals surface area contributed by atoms with Gasteiger partial charge < -0.3 is 15.4 Å². The van der Waals surface area contributed by atoms with Crippen molar-refractivity contribution in [1.82, 2.24) is 4.31 Å². The second-order valence-corrected chi connectivity index (χ2v) is 8.11. The third-order valence-electron chi connectivity index (χ3n) is 4.37. The van der Waals surface area contributed by atoms with Gasteiger partial charge in [0.1, 0.15) is 5.75 Å². The van der Waals surface area contributed by atoms with E-state index in [4.69, 9.17) is 4.74 Å². The largest absolute Gasteiger partial charge is 0.495 e. The smallest absolute Gasteiger partial charge is 0.243 e. The van der Waals surface area contributed by atoms with Crippen LogP contribution in [0.25, 0.3) is 0 Å². The zero-order valence-electron chi connectivity index (χ0n) is 16.7. The molecule has 7 nitrogen and oxygen atoms in total. The Kier molecular flexibility index (Phi) is 7.42. The number of carbonyl (C=O) groups excluding carboxylic acids is 1. The van der Waals surface area contributed by atoms with Crippen LogP contribution in [-0.2, 0) is 14.8 Å². The van der Waals surface area contributed by atoms with E-state index in [1.165, 1.54) is 11.4 Å². The summed E-state index contributed by atoms with van der Waals surface area (Å²) in [5.74, 6) is 0.306. The lowest BCUT2D eigenvalue weighted by molar-refractivity contribution is -0.114. The quantitative estimate of drug-likeness (QED) is 0.669. The van der Waals surface area contributed by atoms with E-state index < -0.39 is 10.0 Å². The Morgan fingerprint density at radius 2 is 1.75 bits per heavy atom. The Hall–Kier alpha value is -2.58. The number of nitrogens with zero attached hydrogens (tertiary/aromatic N) is 1. The molecule has 0 aromatic heterocycles. The molecular weight excluding hydrogens is 378 g/mol. The van der Waals surface area contributed by atoms with Crippen molar-refractivity contribution in [3.8, 4) is 5.75 Å². The van der Waals surface area contributed by atoms with Gasteiger partial charge in [-0.2, -0.15) is 4.31 Å². The first-order valence-corrected chi connectivity index (χ1v) is 10.5. The summed E-state index contributed by atoms with van der Waals surface area (Å²) in [6, 6.07) is 12.0. The minimum Gasteiger partial charge on any atom is -0.495 e. The second-order valence-electron chi connectivity index (χ2n) is 6.17. The molecule has 8 heteroatoms. The van der Waals surface area contributed by atoms with E-state index in [0.29, 0.717) is 30.2 Å². The Morgan fingerprint density at radius 1 is 1.07 bits per heavy atom. The van der Waals surface area contributed by atoms with E-state index in [1.54, 1.807) is 50.2 Å². The molecule has 0 fully saturated rings. The summed E-state index contributed by atoms with van der Waals surface area (Å²) in [7, 11) is -2.02. The van der Waals surface area contributed by atoms with Gasteiger partial charge >= 0.3 is 0 Å². The van der Waals surface area contributed by atoms with Crippen molar-refractivity contribution in [3.05, 3.63) is 48.0 Å². The van der Waals surface area contributed by atoms with E-state index in [1.807, 2.05) is 13.0 Å². The lowest BCUT2D eigenvalue weighted by atomic mass is 10.2. The van der Waals surface area contributed by atoms with Crippen molar-refractivity contribution in [1.29, 1.82) is 0 Å². The summed E-state index contributed by atoms with van der Waals surface area (Å²) in [5.41, 5.74) is 2.03. The van der Waals surface area contributed by atoms with Crippen molar-refractivity contribution >= 4 is 27.3 Å². The van der Waals surface area contributed by atoms with E-state index in [0.717, 1.165) is 5.56 Å². The highest BCUT2D eigenvalue weighted by Crippen LogP contribution is 2.24. The van der Waals surface area contributed by atoms with E-state index in [-0.39, 0.29) is 17.3 Å². The number of amides is 1. The maximum absolute atomic E-state index is 12.7. The molecule has 0 saturated heterocycles. The molecule has 0 unspecified atom stereocenters. The molecule has 2 N–H and O–H groups in total. The molecule has 0 bridgehead atoms. The minimum absolute atomic E-state index is 0.00629. The van der Waals surface area contributed by atoms with Gasteiger partial charge in [-0.15, -0.1) is 0 Å². The van der Waals surface area contributed by atoms with Crippen LogP contribution in [0.5, 0.6) is 5.75 Å². The molecule has 2 aromatic carbocycles. The number of hydrogen-bond donors (Lipinski definition) is 2. The number of para-hydroxylation sites is 2. The number of sulfonamides is 1. The predicted octanol–water partition coefficient (Wildman–Crippen LogP) is 3.08. The fourth-order valence-corrected chi connectivity index (χ4v) is 4.27. The summed E-state index contributed by atoms with van der Waals surface area (Å²) in [5, 5.41) is 5.80. The van der Waals surface area contributed by atoms with Crippen molar-refractivity contribution in [2.24, 2.45) is 0 Å². The van der Waals surface area contributed by atoms with Crippen molar-refractivity contribution in [3.63, 3.8) is 0 Å². The number of nitrogens with one attached hydrogen (secondary N) is 2. The van der Waals surface area contributed by atoms with Gasteiger partial charge in [0.2, 0.25) is 15.9 Å². The van der Waals surface area contributed by atoms with Gasteiger partial charge in [-0.05, 0) is 36.8 Å². The molecule has 0 spiro atoms. The molecule has 0 aliphatic rings. The van der Waals surface area contributed by atoms with Gasteiger partial charge in [-0.25, -0.2) is 8.42 Å². The van der Waals surface area contributed by atoms with Gasteiger partial charge in [-0.3, -0.25) is 4.79 Å². The summed E-state index contributed by atoms with van der Waals surface area (Å²) in [6.45, 7) is 6.25. The zero-order chi connectivity index (χ0) is 20.7. The van der Waals surface area contributed by atoms with Crippen molar-refractivity contribution < 1.29 is 17.9 Å². The number of methoxy groups -OCH3 is 1. The van der Waals surface area contributed by atoms with Crippen LogP contribution in [0.1, 0.15) is 19.4 Å². The molecule has 1 amide bonds. The summed E-state index contributed by atoms with van der Waals surface area (Å²) < 4.78 is 32.0. The third-order valence-corrected chi connectivity index (χ3v) is 6.42. The Balaban J connectivity index is 2.13. The normalized spacial score (nSPS) is 11.3. The SMILES string of the molecule is CCN(CC)S(=O)(=O)c1ccc(C)c(NCC(=O)Nc2ccccc2OC)c1. The van der Waals surface area contributed by atoms with Gasteiger partial charge in [0.15, 0.2) is 0 Å². The first kappa shape index (κ1) is 21.7. The topological polar surface area (TPSA) is 87.7 Å². The molecular formula is C20H27N3O4S. The molecule has 0 saturated carbocycles. The number of ether oxygens (including phenoxy) is 1. The summed E-state index contributed by atoms with van der Waals surface area (Å²) >= 11 is 0. The van der Waals surface area contributed by atoms with Crippen LogP contribution >= 0.6 is 0 Å². The maximum atomic E-state index is 12.7. The highest BCUT2D eigenvalue weighted by molar-refractivity contribution is 7.89. The molecule has 0 aliphatic carbocycles. The monoisotopic (exact) mass is 405 g/mol. The Bertz CT molecular complexity index is 925. The van der Waals surface area contributed by atoms with Crippen LogP contribution < -0.4 is 15.4 Å². The third kappa shape index (κ3) is 5.02. The molecule has 0 heterocycles. The highest BCUT2D eigenvalue weighted by atomic mass is 32.2. The van der Waals surface area contributed by atoms with Gasteiger partial charge in [-0.1, -0.05) is 32.0 Å². The number of anilines is 2. The lowest BCUT2D eigenvalue weighted by Crippen LogP contribution is -2.30. The van der Waals surface area contributed by atoms with Gasteiger partial charge in [0.05, 0.1) is 24.2 Å². The summed E-state index contributed by atoms with van der Waals surface area (Å²) in [6.07, 6.45) is 0. The first-order valence-electron chi connectivity index (χ1n) is 9.11. The van der Waals surface area contributed by atoms with Gasteiger partial charge in [0.25, 0.3) is 0 Å². The standard InChI is InChI=1S/C20H27N3O4S/c1-5-23(6-2)28(25,26)16-12-11-15(3)18(13-16)21-14-20(24)22-17-9-7-8-10-19(17)27-4/h7-13,21H,5-6,14H2,1-4H3,(H,22,24). The Labute approximate surface area is 166 Å². The molecule has 0 aliphatic heterocycles. The first-order chi connectivity index (χ1) is 13.3. The average molecular weight is 406 g/mol. The van der Waals surface area contributed by atoms with Crippen LogP contribution in [-0.4, -0.2) is 45.4 Å². The fraction of sp³-hybridized carbons (Fsp3) is 0.350. The number of rotatable bonds is 9. The molecule has 0 radical (unpaired) electrons. The van der Waals surface area contributed by atoms with Crippen LogP contribution in [0.2, 0.25) is 0 Å². The van der Waals surface area contributed by atoms with Crippen LogP contribution in [0, 0.1) is 6.92 Å². The molecule has 28 heavy (non-hydrogen) atoms. The number of benzene rings is 2. The van der Waals surface area contributed by atoms with Crippen LogP contribution in [0.4, 0.5) is 11.4 Å². The highest BCUT2D eigenvalue weighted by Gasteiger charge is 2.22. The molecule has 2 rings (SSSR count). The van der Waals surface area contributed by atoms with E-state index >= 15 is 0 Å². The fourth-order valence-electron chi connectivity index (χ4n) is 2.78. The molecule has 2 aromatic rings. The van der Waals surface area contributed by atoms with Crippen LogP contribution in [0.15, 0.2) is 47.4 Å². The number of carbonyl (C=O) groups is 1. The minimum atomic E-state index is -3.56. The van der Waals surface area contributed by atoms with Crippen molar-refractivity contribution in [2.45, 2.75) is 25.7 Å². The predicted molar refractivity (Wildman–Crippen MR) is 111 cm³/mol. The summed E-state index contributed by atoms with van der Waals surface area (Å²) in [4.78, 5) is 12.5. The van der Waals surface area contributed by atoms with Crippen molar-refractivity contribution in [2.75, 3.05) is 37.4 Å². The van der Waals surface area contributed by atoms with Gasteiger partial charge in [0, 0.05) is 18.8 Å². The number of aryl methyl sites for hydroxylation is 1. The van der Waals surface area contributed by atoms with E-state index in [2.05, 4.69) is 10.6 Å². The molecule has 0 atom stereocenters. The average Bonchev–Trinajstić information content (AvgIpc) is 2.68. The van der Waals surface area contributed by atoms with Crippen LogP contribution in [0.3, 0.4) is 0 Å². The lowest BCUT2D eigenvalue weighted by Gasteiger charge is -2.19. The zero-order valence-corrected chi connectivity index (χ0v) is 17.5. The second kappa shape index (κ2) is 9.57. The Morgan fingerprint density at radius 3 is 2.39 bits per heavy atom. The number of hydrogen-bond acceptors (Lipinski definition) is 5. The maximum Gasteiger partial charge on any atom is 0.243 e. The van der Waals surface area contributed by atoms with E-state index in [9.17, 15) is 13.2 Å². The molecule has 152 valence electrons.